The Morgan fingerprint density at radius 2 is 2.17 bits per heavy atom. The summed E-state index contributed by atoms with van der Waals surface area (Å²) in [6.07, 6.45) is 1.69. The van der Waals surface area contributed by atoms with Crippen LogP contribution in [0.25, 0.3) is 0 Å². The molecule has 1 heterocycles. The van der Waals surface area contributed by atoms with Gasteiger partial charge in [-0.15, -0.1) is 0 Å². The highest BCUT2D eigenvalue weighted by molar-refractivity contribution is 6.31. The summed E-state index contributed by atoms with van der Waals surface area (Å²) in [5, 5.41) is 6.07. The van der Waals surface area contributed by atoms with Crippen LogP contribution in [0.2, 0.25) is 5.02 Å². The Morgan fingerprint density at radius 3 is 2.83 bits per heavy atom. The average molecular weight is 340 g/mol. The van der Waals surface area contributed by atoms with Crippen LogP contribution in [0.4, 0.5) is 5.69 Å². The maximum atomic E-state index is 12.3. The Labute approximate surface area is 141 Å². The molecule has 0 spiro atoms. The van der Waals surface area contributed by atoms with Crippen LogP contribution >= 0.6 is 11.6 Å². The van der Waals surface area contributed by atoms with Crippen molar-refractivity contribution in [2.75, 3.05) is 32.6 Å². The van der Waals surface area contributed by atoms with Crippen molar-refractivity contribution >= 4 is 29.1 Å². The van der Waals surface area contributed by atoms with Crippen molar-refractivity contribution in [1.82, 2.24) is 10.2 Å². The van der Waals surface area contributed by atoms with Gasteiger partial charge in [-0.25, -0.2) is 0 Å². The molecule has 0 unspecified atom stereocenters. The van der Waals surface area contributed by atoms with Crippen LogP contribution in [0.1, 0.15) is 18.4 Å². The number of anilines is 1. The highest BCUT2D eigenvalue weighted by atomic mass is 35.5. The molecule has 1 saturated heterocycles. The van der Waals surface area contributed by atoms with Gasteiger partial charge in [0.15, 0.2) is 0 Å². The van der Waals surface area contributed by atoms with E-state index < -0.39 is 0 Å². The van der Waals surface area contributed by atoms with E-state index in [0.717, 1.165) is 24.9 Å². The van der Waals surface area contributed by atoms with Crippen LogP contribution in [0.15, 0.2) is 12.1 Å². The number of halogens is 1. The molecule has 1 aromatic carbocycles. The molecular weight excluding hydrogens is 318 g/mol. The number of methoxy groups -OCH3 is 1. The monoisotopic (exact) mass is 339 g/mol. The predicted molar refractivity (Wildman–Crippen MR) is 90.0 cm³/mol. The number of nitrogens with zero attached hydrogens (tertiary/aromatic N) is 1. The fourth-order valence-electron chi connectivity index (χ4n) is 2.78. The summed E-state index contributed by atoms with van der Waals surface area (Å²) < 4.78 is 5.25. The quantitative estimate of drug-likeness (QED) is 0.858. The summed E-state index contributed by atoms with van der Waals surface area (Å²) in [5.41, 5.74) is 1.43. The third-order valence-corrected chi connectivity index (χ3v) is 4.42. The van der Waals surface area contributed by atoms with E-state index in [4.69, 9.17) is 16.3 Å². The minimum absolute atomic E-state index is 0.0461. The van der Waals surface area contributed by atoms with E-state index in [-0.39, 0.29) is 24.4 Å². The number of rotatable bonds is 5. The van der Waals surface area contributed by atoms with E-state index in [9.17, 15) is 9.59 Å². The lowest BCUT2D eigenvalue weighted by Gasteiger charge is -2.22. The summed E-state index contributed by atoms with van der Waals surface area (Å²) in [6.45, 7) is 2.77. The summed E-state index contributed by atoms with van der Waals surface area (Å²) in [7, 11) is 3.14. The van der Waals surface area contributed by atoms with Crippen molar-refractivity contribution in [1.29, 1.82) is 0 Å². The van der Waals surface area contributed by atoms with Gasteiger partial charge in [0.05, 0.1) is 25.4 Å². The van der Waals surface area contributed by atoms with Crippen LogP contribution in [-0.2, 0) is 9.59 Å². The number of benzene rings is 1. The zero-order valence-electron chi connectivity index (χ0n) is 13.6. The molecule has 0 radical (unpaired) electrons. The summed E-state index contributed by atoms with van der Waals surface area (Å²) in [6, 6.07) is 3.22. The van der Waals surface area contributed by atoms with Gasteiger partial charge in [-0.3, -0.25) is 14.5 Å². The molecule has 126 valence electrons. The number of nitrogens with one attached hydrogen (secondary N) is 2. The van der Waals surface area contributed by atoms with Gasteiger partial charge in [0.2, 0.25) is 11.8 Å². The number of ether oxygens (including phenoxy) is 1. The molecule has 0 aliphatic carbocycles. The second kappa shape index (κ2) is 7.66. The third kappa shape index (κ3) is 4.14. The number of amides is 2. The van der Waals surface area contributed by atoms with Gasteiger partial charge in [0.25, 0.3) is 0 Å². The van der Waals surface area contributed by atoms with Crippen molar-refractivity contribution in [2.24, 2.45) is 0 Å². The van der Waals surface area contributed by atoms with Gasteiger partial charge < -0.3 is 15.4 Å². The molecule has 6 nitrogen and oxygen atoms in total. The fourth-order valence-corrected chi connectivity index (χ4v) is 2.94. The first kappa shape index (κ1) is 17.6. The van der Waals surface area contributed by atoms with Crippen molar-refractivity contribution < 1.29 is 14.3 Å². The first-order chi connectivity index (χ1) is 11.0. The first-order valence-electron chi connectivity index (χ1n) is 7.56. The van der Waals surface area contributed by atoms with Crippen molar-refractivity contribution in [2.45, 2.75) is 25.8 Å². The Morgan fingerprint density at radius 1 is 1.43 bits per heavy atom. The van der Waals surface area contributed by atoms with E-state index in [2.05, 4.69) is 10.6 Å². The predicted octanol–water partition coefficient (Wildman–Crippen LogP) is 1.81. The lowest BCUT2D eigenvalue weighted by molar-refractivity contribution is -0.126. The number of hydrogen-bond donors (Lipinski definition) is 2. The van der Waals surface area contributed by atoms with E-state index >= 15 is 0 Å². The maximum absolute atomic E-state index is 12.3. The molecular formula is C16H22ClN3O3. The number of likely N-dealkylation sites (N-methyl/N-ethyl adjacent to an activating group) is 1. The van der Waals surface area contributed by atoms with Crippen molar-refractivity contribution in [3.05, 3.63) is 22.7 Å². The van der Waals surface area contributed by atoms with Crippen LogP contribution in [0.3, 0.4) is 0 Å². The van der Waals surface area contributed by atoms with Crippen LogP contribution in [0.5, 0.6) is 5.75 Å². The lowest BCUT2D eigenvalue weighted by Crippen LogP contribution is -2.45. The summed E-state index contributed by atoms with van der Waals surface area (Å²) in [5.74, 6) is 0.286. The molecule has 1 fully saturated rings. The number of carbonyl (C=O) groups is 2. The largest absolute Gasteiger partial charge is 0.495 e. The number of likely N-dealkylation sites (tertiary alicyclic amines) is 1. The Bertz CT molecular complexity index is 606. The molecule has 7 heteroatoms. The normalized spacial score (nSPS) is 17.8. The molecule has 23 heavy (non-hydrogen) atoms. The molecule has 0 aromatic heterocycles. The summed E-state index contributed by atoms with van der Waals surface area (Å²) in [4.78, 5) is 26.0. The van der Waals surface area contributed by atoms with Crippen molar-refractivity contribution in [3.8, 4) is 5.75 Å². The second-order valence-corrected chi connectivity index (χ2v) is 6.00. The standard InChI is InChI=1S/C16H22ClN3O3/c1-10-7-12(14(23-3)8-11(10)17)19-15(21)9-20-6-4-5-13(20)16(22)18-2/h7-8,13H,4-6,9H2,1-3H3,(H,18,22)(H,19,21)/t13-/m1/s1. The minimum atomic E-state index is -0.236. The zero-order chi connectivity index (χ0) is 17.0. The van der Waals surface area contributed by atoms with Gasteiger partial charge in [-0.1, -0.05) is 11.6 Å². The Hall–Kier alpha value is -1.79. The molecule has 2 rings (SSSR count). The van der Waals surface area contributed by atoms with E-state index in [1.54, 1.807) is 19.2 Å². The number of aryl methyl sites for hydroxylation is 1. The van der Waals surface area contributed by atoms with Crippen LogP contribution in [0, 0.1) is 6.92 Å². The minimum Gasteiger partial charge on any atom is -0.495 e. The molecule has 1 aliphatic heterocycles. The van der Waals surface area contributed by atoms with Gasteiger partial charge in [0.1, 0.15) is 5.75 Å². The highest BCUT2D eigenvalue weighted by Gasteiger charge is 2.31. The van der Waals surface area contributed by atoms with Crippen LogP contribution < -0.4 is 15.4 Å². The molecule has 2 N–H and O–H groups in total. The molecule has 1 atom stereocenters. The van der Waals surface area contributed by atoms with E-state index in [0.29, 0.717) is 16.5 Å². The number of carbonyl (C=O) groups excluding carboxylic acids is 2. The maximum Gasteiger partial charge on any atom is 0.238 e. The second-order valence-electron chi connectivity index (χ2n) is 5.59. The van der Waals surface area contributed by atoms with Gasteiger partial charge in [-0.05, 0) is 37.9 Å². The molecule has 0 bridgehead atoms. The number of hydrogen-bond acceptors (Lipinski definition) is 4. The smallest absolute Gasteiger partial charge is 0.238 e. The lowest BCUT2D eigenvalue weighted by atomic mass is 10.2. The Balaban J connectivity index is 2.05. The molecule has 0 saturated carbocycles. The summed E-state index contributed by atoms with van der Waals surface area (Å²) >= 11 is 6.06. The molecule has 1 aliphatic rings. The van der Waals surface area contributed by atoms with Crippen molar-refractivity contribution in [3.63, 3.8) is 0 Å². The first-order valence-corrected chi connectivity index (χ1v) is 7.93. The molecule has 1 aromatic rings. The topological polar surface area (TPSA) is 70.7 Å². The van der Waals surface area contributed by atoms with Gasteiger partial charge in [0, 0.05) is 18.1 Å². The van der Waals surface area contributed by atoms with E-state index in [1.807, 2.05) is 11.8 Å². The zero-order valence-corrected chi connectivity index (χ0v) is 14.4. The highest BCUT2D eigenvalue weighted by Crippen LogP contribution is 2.31. The molecule has 2 amide bonds. The fraction of sp³-hybridized carbons (Fsp3) is 0.500. The third-order valence-electron chi connectivity index (χ3n) is 4.01. The Kier molecular flexibility index (Phi) is 5.85. The average Bonchev–Trinajstić information content (AvgIpc) is 2.97. The van der Waals surface area contributed by atoms with Gasteiger partial charge in [-0.2, -0.15) is 0 Å². The SMILES string of the molecule is CNC(=O)[C@H]1CCCN1CC(=O)Nc1cc(C)c(Cl)cc1OC. The van der Waals surface area contributed by atoms with Gasteiger partial charge >= 0.3 is 0 Å². The van der Waals surface area contributed by atoms with E-state index in [1.165, 1.54) is 7.11 Å². The van der Waals surface area contributed by atoms with Crippen LogP contribution in [-0.4, -0.2) is 50.0 Å².